The van der Waals surface area contributed by atoms with Gasteiger partial charge in [-0.3, -0.25) is 19.3 Å². The maximum Gasteiger partial charge on any atom is 0.298 e. The molecule has 0 N–H and O–H groups in total. The van der Waals surface area contributed by atoms with Gasteiger partial charge in [-0.1, -0.05) is 30.3 Å². The fraction of sp³-hybridized carbons (Fsp3) is 0.308. The van der Waals surface area contributed by atoms with Gasteiger partial charge in [0, 0.05) is 0 Å². The van der Waals surface area contributed by atoms with E-state index in [9.17, 15) is 14.4 Å². The molecule has 0 aliphatic carbocycles. The lowest BCUT2D eigenvalue weighted by Crippen LogP contribution is -2.32. The minimum absolute atomic E-state index is 0.160. The van der Waals surface area contributed by atoms with Crippen LogP contribution in [0.4, 0.5) is 0 Å². The molecule has 4 heteroatoms. The molecular weight excluding hydrogens is 218 g/mol. The van der Waals surface area contributed by atoms with E-state index in [-0.39, 0.29) is 6.54 Å². The van der Waals surface area contributed by atoms with Gasteiger partial charge in [-0.2, -0.15) is 0 Å². The normalized spacial score (nSPS) is 18.9. The van der Waals surface area contributed by atoms with Gasteiger partial charge in [0.05, 0.1) is 6.54 Å². The summed E-state index contributed by atoms with van der Waals surface area (Å²) < 4.78 is 0. The first-order valence-electron chi connectivity index (χ1n) is 5.39. The number of hydrogen-bond acceptors (Lipinski definition) is 3. The van der Waals surface area contributed by atoms with Gasteiger partial charge in [-0.25, -0.2) is 0 Å². The van der Waals surface area contributed by atoms with Crippen molar-refractivity contribution in [2.45, 2.75) is 20.4 Å². The maximum absolute atomic E-state index is 11.9. The van der Waals surface area contributed by atoms with Crippen molar-refractivity contribution in [3.63, 3.8) is 0 Å². The largest absolute Gasteiger partial charge is 0.298 e. The summed E-state index contributed by atoms with van der Waals surface area (Å²) in [6.07, 6.45) is 0. The number of likely N-dealkylation sites (tertiary alicyclic amines) is 1. The predicted octanol–water partition coefficient (Wildman–Crippen LogP) is 1.15. The van der Waals surface area contributed by atoms with Gasteiger partial charge in [0.2, 0.25) is 11.7 Å². The van der Waals surface area contributed by atoms with E-state index in [2.05, 4.69) is 0 Å². The van der Waals surface area contributed by atoms with E-state index in [1.165, 1.54) is 13.8 Å². The third-order valence-corrected chi connectivity index (χ3v) is 2.97. The number of nitrogens with zero attached hydrogens (tertiary/aromatic N) is 1. The van der Waals surface area contributed by atoms with Gasteiger partial charge in [0.1, 0.15) is 5.41 Å². The molecule has 0 atom stereocenters. The highest BCUT2D eigenvalue weighted by Crippen LogP contribution is 2.29. The number of hydrogen-bond donors (Lipinski definition) is 0. The summed E-state index contributed by atoms with van der Waals surface area (Å²) >= 11 is 0. The van der Waals surface area contributed by atoms with Crippen molar-refractivity contribution >= 4 is 17.6 Å². The van der Waals surface area contributed by atoms with Crippen LogP contribution in [-0.2, 0) is 20.9 Å². The first-order valence-corrected chi connectivity index (χ1v) is 5.39. The van der Waals surface area contributed by atoms with Gasteiger partial charge in [-0.15, -0.1) is 0 Å². The zero-order valence-corrected chi connectivity index (χ0v) is 9.77. The number of carbonyl (C=O) groups excluding carboxylic acids is 3. The topological polar surface area (TPSA) is 54.5 Å². The second-order valence-electron chi connectivity index (χ2n) is 4.64. The molecule has 0 spiro atoms. The van der Waals surface area contributed by atoms with Crippen molar-refractivity contribution in [2.75, 3.05) is 0 Å². The first-order chi connectivity index (χ1) is 7.94. The summed E-state index contributed by atoms with van der Waals surface area (Å²) in [5.41, 5.74) is -0.383. The molecule has 1 aromatic carbocycles. The summed E-state index contributed by atoms with van der Waals surface area (Å²) in [7, 11) is 0. The summed E-state index contributed by atoms with van der Waals surface area (Å²) in [5.74, 6) is -1.75. The van der Waals surface area contributed by atoms with Crippen molar-refractivity contribution < 1.29 is 14.4 Å². The zero-order chi connectivity index (χ0) is 12.6. The van der Waals surface area contributed by atoms with E-state index < -0.39 is 23.0 Å². The third kappa shape index (κ3) is 1.75. The monoisotopic (exact) mass is 231 g/mol. The van der Waals surface area contributed by atoms with Crippen molar-refractivity contribution in [1.82, 2.24) is 4.90 Å². The average Bonchev–Trinajstić information content (AvgIpc) is 2.46. The molecule has 2 amide bonds. The number of rotatable bonds is 2. The van der Waals surface area contributed by atoms with Crippen LogP contribution in [0.15, 0.2) is 30.3 Å². The average molecular weight is 231 g/mol. The third-order valence-electron chi connectivity index (χ3n) is 2.97. The molecule has 0 radical (unpaired) electrons. The van der Waals surface area contributed by atoms with Crippen LogP contribution in [0.25, 0.3) is 0 Å². The number of Topliss-reactive ketones (excluding diaryl/α,β-unsaturated/α-hetero) is 1. The molecule has 0 aromatic heterocycles. The van der Waals surface area contributed by atoms with Gasteiger partial charge in [0.15, 0.2) is 0 Å². The molecule has 0 bridgehead atoms. The molecule has 1 aliphatic rings. The molecule has 1 fully saturated rings. The van der Waals surface area contributed by atoms with Crippen molar-refractivity contribution in [3.8, 4) is 0 Å². The number of ketones is 1. The second kappa shape index (κ2) is 3.80. The fourth-order valence-electron chi connectivity index (χ4n) is 1.83. The van der Waals surface area contributed by atoms with Gasteiger partial charge in [-0.05, 0) is 19.4 Å². The van der Waals surface area contributed by atoms with Crippen LogP contribution in [0.3, 0.4) is 0 Å². The SMILES string of the molecule is CC1(C)C(=O)C(=O)N(Cc2ccccc2)C1=O. The van der Waals surface area contributed by atoms with Crippen LogP contribution in [-0.4, -0.2) is 22.5 Å². The summed E-state index contributed by atoms with van der Waals surface area (Å²) in [5, 5.41) is 0. The highest BCUT2D eigenvalue weighted by atomic mass is 16.2. The predicted molar refractivity (Wildman–Crippen MR) is 60.8 cm³/mol. The number of imide groups is 1. The van der Waals surface area contributed by atoms with Crippen LogP contribution in [0.2, 0.25) is 0 Å². The van der Waals surface area contributed by atoms with Gasteiger partial charge in [0.25, 0.3) is 5.91 Å². The molecular formula is C13H13NO3. The lowest BCUT2D eigenvalue weighted by molar-refractivity contribution is -0.143. The van der Waals surface area contributed by atoms with Gasteiger partial charge >= 0.3 is 0 Å². The van der Waals surface area contributed by atoms with Crippen LogP contribution < -0.4 is 0 Å². The van der Waals surface area contributed by atoms with Crippen LogP contribution >= 0.6 is 0 Å². The summed E-state index contributed by atoms with van der Waals surface area (Å²) in [6.45, 7) is 3.13. The molecule has 1 saturated heterocycles. The Morgan fingerprint density at radius 1 is 1.06 bits per heavy atom. The van der Waals surface area contributed by atoms with E-state index in [0.717, 1.165) is 10.5 Å². The number of amides is 2. The second-order valence-corrected chi connectivity index (χ2v) is 4.64. The van der Waals surface area contributed by atoms with Crippen molar-refractivity contribution in [1.29, 1.82) is 0 Å². The number of carbonyl (C=O) groups is 3. The lowest BCUT2D eigenvalue weighted by Gasteiger charge is -2.16. The van der Waals surface area contributed by atoms with E-state index >= 15 is 0 Å². The van der Waals surface area contributed by atoms with Crippen LogP contribution in [0.1, 0.15) is 19.4 Å². The Morgan fingerprint density at radius 3 is 2.12 bits per heavy atom. The minimum atomic E-state index is -1.22. The summed E-state index contributed by atoms with van der Waals surface area (Å²) in [4.78, 5) is 36.3. The Labute approximate surface area is 99.2 Å². The molecule has 0 saturated carbocycles. The summed E-state index contributed by atoms with van der Waals surface area (Å²) in [6, 6.07) is 9.14. The zero-order valence-electron chi connectivity index (χ0n) is 9.77. The maximum atomic E-state index is 11.9. The van der Waals surface area contributed by atoms with Gasteiger partial charge < -0.3 is 0 Å². The molecule has 0 unspecified atom stereocenters. The van der Waals surface area contributed by atoms with Crippen LogP contribution in [0.5, 0.6) is 0 Å². The highest BCUT2D eigenvalue weighted by molar-refractivity contribution is 6.49. The Hall–Kier alpha value is -1.97. The van der Waals surface area contributed by atoms with E-state index in [4.69, 9.17) is 0 Å². The first kappa shape index (κ1) is 11.5. The smallest absolute Gasteiger partial charge is 0.287 e. The van der Waals surface area contributed by atoms with Crippen molar-refractivity contribution in [3.05, 3.63) is 35.9 Å². The van der Waals surface area contributed by atoms with E-state index in [0.29, 0.717) is 0 Å². The molecule has 2 rings (SSSR count). The van der Waals surface area contributed by atoms with E-state index in [1.807, 2.05) is 30.3 Å². The molecule has 17 heavy (non-hydrogen) atoms. The molecule has 4 nitrogen and oxygen atoms in total. The van der Waals surface area contributed by atoms with E-state index in [1.54, 1.807) is 0 Å². The molecule has 1 aliphatic heterocycles. The number of benzene rings is 1. The Kier molecular flexibility index (Phi) is 2.58. The fourth-order valence-corrected chi connectivity index (χ4v) is 1.83. The standard InChI is InChI=1S/C13H13NO3/c1-13(2)10(15)11(16)14(12(13)17)8-9-6-4-3-5-7-9/h3-7H,8H2,1-2H3. The van der Waals surface area contributed by atoms with Crippen molar-refractivity contribution in [2.24, 2.45) is 5.41 Å². The minimum Gasteiger partial charge on any atom is -0.287 e. The Balaban J connectivity index is 2.27. The molecule has 1 aromatic rings. The van der Waals surface area contributed by atoms with Crippen LogP contribution in [0, 0.1) is 5.41 Å². The Bertz CT molecular complexity index is 491. The lowest BCUT2D eigenvalue weighted by atomic mass is 9.90. The molecule has 1 heterocycles. The quantitative estimate of drug-likeness (QED) is 0.436. The highest BCUT2D eigenvalue weighted by Gasteiger charge is 2.52. The molecule has 88 valence electrons. The Morgan fingerprint density at radius 2 is 1.65 bits per heavy atom.